The lowest BCUT2D eigenvalue weighted by atomic mass is 10.2. The minimum atomic E-state index is -0.286. The van der Waals surface area contributed by atoms with Crippen molar-refractivity contribution in [2.75, 3.05) is 5.32 Å². The van der Waals surface area contributed by atoms with Crippen LogP contribution >= 0.6 is 0 Å². The lowest BCUT2D eigenvalue weighted by Gasteiger charge is -2.04. The maximum Gasteiger partial charge on any atom is 0.134 e. The number of nitrogens with one attached hydrogen (secondary N) is 1. The van der Waals surface area contributed by atoms with Gasteiger partial charge in [-0.3, -0.25) is 0 Å². The molecule has 0 radical (unpaired) electrons. The third-order valence-corrected chi connectivity index (χ3v) is 3.08. The molecule has 0 aliphatic rings. The van der Waals surface area contributed by atoms with Crippen LogP contribution in [-0.2, 0) is 6.54 Å². The van der Waals surface area contributed by atoms with Gasteiger partial charge < -0.3 is 9.73 Å². The number of anilines is 1. The van der Waals surface area contributed by atoms with Crippen molar-refractivity contribution in [3.63, 3.8) is 0 Å². The molecule has 0 aliphatic heterocycles. The van der Waals surface area contributed by atoms with Gasteiger partial charge in [0.2, 0.25) is 0 Å². The summed E-state index contributed by atoms with van der Waals surface area (Å²) in [6, 6.07) is 16.0. The van der Waals surface area contributed by atoms with E-state index in [1.807, 2.05) is 12.1 Å². The highest BCUT2D eigenvalue weighted by molar-refractivity contribution is 5.57. The highest BCUT2D eigenvalue weighted by Crippen LogP contribution is 2.23. The van der Waals surface area contributed by atoms with E-state index in [9.17, 15) is 8.78 Å². The van der Waals surface area contributed by atoms with Crippen molar-refractivity contribution in [3.05, 3.63) is 78.1 Å². The summed E-state index contributed by atoms with van der Waals surface area (Å²) in [4.78, 5) is 0. The van der Waals surface area contributed by atoms with Gasteiger partial charge in [0, 0.05) is 11.3 Å². The number of furan rings is 1. The molecule has 4 heteroatoms. The first kappa shape index (κ1) is 13.4. The maximum atomic E-state index is 13.1. The molecule has 0 bridgehead atoms. The zero-order chi connectivity index (χ0) is 14.7. The van der Waals surface area contributed by atoms with Gasteiger partial charge in [-0.05, 0) is 54.6 Å². The summed E-state index contributed by atoms with van der Waals surface area (Å²) in [6.45, 7) is 0.449. The van der Waals surface area contributed by atoms with Crippen molar-refractivity contribution in [2.45, 2.75) is 6.54 Å². The van der Waals surface area contributed by atoms with E-state index in [0.29, 0.717) is 18.0 Å². The van der Waals surface area contributed by atoms with Crippen LogP contribution in [0.3, 0.4) is 0 Å². The molecule has 0 saturated carbocycles. The molecule has 0 saturated heterocycles. The number of halogens is 2. The van der Waals surface area contributed by atoms with Gasteiger partial charge in [-0.1, -0.05) is 6.07 Å². The van der Waals surface area contributed by atoms with Crippen molar-refractivity contribution in [1.29, 1.82) is 0 Å². The second-order valence-electron chi connectivity index (χ2n) is 4.64. The zero-order valence-electron chi connectivity index (χ0n) is 11.1. The summed E-state index contributed by atoms with van der Waals surface area (Å²) in [5, 5.41) is 3.08. The van der Waals surface area contributed by atoms with Crippen LogP contribution in [0, 0.1) is 11.6 Å². The normalized spacial score (nSPS) is 10.6. The van der Waals surface area contributed by atoms with Gasteiger partial charge in [0.05, 0.1) is 6.54 Å². The van der Waals surface area contributed by atoms with Gasteiger partial charge in [0.15, 0.2) is 0 Å². The van der Waals surface area contributed by atoms with Crippen molar-refractivity contribution >= 4 is 5.69 Å². The summed E-state index contributed by atoms with van der Waals surface area (Å²) >= 11 is 0. The Bertz CT molecular complexity index is 735. The molecular formula is C17H13F2NO. The van der Waals surface area contributed by atoms with E-state index < -0.39 is 0 Å². The maximum absolute atomic E-state index is 13.1. The first-order valence-electron chi connectivity index (χ1n) is 6.55. The summed E-state index contributed by atoms with van der Waals surface area (Å²) < 4.78 is 31.6. The molecule has 2 aromatic carbocycles. The van der Waals surface area contributed by atoms with Crippen LogP contribution in [0.25, 0.3) is 11.3 Å². The Morgan fingerprint density at radius 2 is 1.67 bits per heavy atom. The predicted molar refractivity (Wildman–Crippen MR) is 77.8 cm³/mol. The van der Waals surface area contributed by atoms with Gasteiger partial charge in [0.25, 0.3) is 0 Å². The molecular weight excluding hydrogens is 272 g/mol. The van der Waals surface area contributed by atoms with Gasteiger partial charge >= 0.3 is 0 Å². The van der Waals surface area contributed by atoms with E-state index >= 15 is 0 Å². The molecule has 21 heavy (non-hydrogen) atoms. The fourth-order valence-electron chi connectivity index (χ4n) is 2.03. The monoisotopic (exact) mass is 285 g/mol. The van der Waals surface area contributed by atoms with Crippen molar-refractivity contribution < 1.29 is 13.2 Å². The van der Waals surface area contributed by atoms with Crippen LogP contribution in [0.4, 0.5) is 14.5 Å². The molecule has 1 N–H and O–H groups in total. The summed E-state index contributed by atoms with van der Waals surface area (Å²) in [5.74, 6) is 0.828. The lowest BCUT2D eigenvalue weighted by molar-refractivity contribution is 0.531. The molecule has 106 valence electrons. The van der Waals surface area contributed by atoms with E-state index in [4.69, 9.17) is 4.42 Å². The van der Waals surface area contributed by atoms with Crippen LogP contribution < -0.4 is 5.32 Å². The minimum Gasteiger partial charge on any atom is -0.459 e. The van der Waals surface area contributed by atoms with E-state index in [0.717, 1.165) is 11.3 Å². The van der Waals surface area contributed by atoms with Crippen LogP contribution in [0.1, 0.15) is 5.76 Å². The quantitative estimate of drug-likeness (QED) is 0.742. The second kappa shape index (κ2) is 5.79. The molecule has 2 nitrogen and oxygen atoms in total. The molecule has 0 amide bonds. The average molecular weight is 285 g/mol. The van der Waals surface area contributed by atoms with E-state index in [-0.39, 0.29) is 11.6 Å². The third kappa shape index (κ3) is 3.28. The van der Waals surface area contributed by atoms with Gasteiger partial charge in [-0.25, -0.2) is 8.78 Å². The van der Waals surface area contributed by atoms with Crippen molar-refractivity contribution in [3.8, 4) is 11.3 Å². The minimum absolute atomic E-state index is 0.279. The zero-order valence-corrected chi connectivity index (χ0v) is 11.1. The summed E-state index contributed by atoms with van der Waals surface area (Å²) in [6.07, 6.45) is 0. The Labute approximate surface area is 121 Å². The standard InChI is InChI=1S/C17H13F2NO/c18-13-6-4-12(5-7-13)17-9-8-16(21-17)11-20-15-3-1-2-14(19)10-15/h1-10,20H,11H2. The summed E-state index contributed by atoms with van der Waals surface area (Å²) in [7, 11) is 0. The Balaban J connectivity index is 1.69. The Morgan fingerprint density at radius 3 is 2.43 bits per heavy atom. The van der Waals surface area contributed by atoms with Gasteiger partial charge in [-0.15, -0.1) is 0 Å². The molecule has 0 fully saturated rings. The number of hydrogen-bond acceptors (Lipinski definition) is 2. The molecule has 0 spiro atoms. The predicted octanol–water partition coefficient (Wildman–Crippen LogP) is 4.84. The molecule has 0 unspecified atom stereocenters. The average Bonchev–Trinajstić information content (AvgIpc) is 2.95. The third-order valence-electron chi connectivity index (χ3n) is 3.08. The topological polar surface area (TPSA) is 25.2 Å². The van der Waals surface area contributed by atoms with Gasteiger partial charge in [-0.2, -0.15) is 0 Å². The van der Waals surface area contributed by atoms with E-state index in [1.54, 1.807) is 24.3 Å². The summed E-state index contributed by atoms with van der Waals surface area (Å²) in [5.41, 5.74) is 1.50. The fraction of sp³-hybridized carbons (Fsp3) is 0.0588. The first-order valence-corrected chi connectivity index (χ1v) is 6.55. The molecule has 1 aromatic heterocycles. The Morgan fingerprint density at radius 1 is 0.857 bits per heavy atom. The fourth-order valence-corrected chi connectivity index (χ4v) is 2.03. The first-order chi connectivity index (χ1) is 10.2. The highest BCUT2D eigenvalue weighted by atomic mass is 19.1. The Kier molecular flexibility index (Phi) is 3.69. The van der Waals surface area contributed by atoms with Crippen LogP contribution in [-0.4, -0.2) is 0 Å². The second-order valence-corrected chi connectivity index (χ2v) is 4.64. The van der Waals surface area contributed by atoms with E-state index in [1.165, 1.54) is 24.3 Å². The molecule has 0 atom stereocenters. The number of benzene rings is 2. The van der Waals surface area contributed by atoms with Crippen molar-refractivity contribution in [1.82, 2.24) is 0 Å². The smallest absolute Gasteiger partial charge is 0.134 e. The van der Waals surface area contributed by atoms with Crippen LogP contribution in [0.2, 0.25) is 0 Å². The van der Waals surface area contributed by atoms with Crippen LogP contribution in [0.5, 0.6) is 0 Å². The van der Waals surface area contributed by atoms with E-state index in [2.05, 4.69) is 5.32 Å². The molecule has 0 aliphatic carbocycles. The largest absolute Gasteiger partial charge is 0.459 e. The number of rotatable bonds is 4. The molecule has 1 heterocycles. The lowest BCUT2D eigenvalue weighted by Crippen LogP contribution is -1.98. The SMILES string of the molecule is Fc1ccc(-c2ccc(CNc3cccc(F)c3)o2)cc1. The van der Waals surface area contributed by atoms with Crippen LogP contribution in [0.15, 0.2) is 65.1 Å². The molecule has 3 rings (SSSR count). The van der Waals surface area contributed by atoms with Gasteiger partial charge in [0.1, 0.15) is 23.2 Å². The number of hydrogen-bond donors (Lipinski definition) is 1. The highest BCUT2D eigenvalue weighted by Gasteiger charge is 2.05. The molecule has 3 aromatic rings. The van der Waals surface area contributed by atoms with Crippen molar-refractivity contribution in [2.24, 2.45) is 0 Å². The Hall–Kier alpha value is -2.62.